The minimum absolute atomic E-state index is 0.0676. The summed E-state index contributed by atoms with van der Waals surface area (Å²) < 4.78 is 17.5. The van der Waals surface area contributed by atoms with Gasteiger partial charge in [0.25, 0.3) is 0 Å². The van der Waals surface area contributed by atoms with Gasteiger partial charge in [-0.15, -0.1) is 11.8 Å². The summed E-state index contributed by atoms with van der Waals surface area (Å²) >= 11 is 0.929. The quantitative estimate of drug-likeness (QED) is 0.482. The highest BCUT2D eigenvalue weighted by molar-refractivity contribution is 8.00. The number of carboxylic acid groups (broad SMARTS) is 1. The van der Waals surface area contributed by atoms with Crippen molar-refractivity contribution in [3.63, 3.8) is 0 Å². The van der Waals surface area contributed by atoms with Gasteiger partial charge in [0.15, 0.2) is 0 Å². The third kappa shape index (κ3) is 3.10. The van der Waals surface area contributed by atoms with Crippen LogP contribution in [0.1, 0.15) is 10.4 Å². The molecule has 0 aliphatic carbocycles. The Labute approximate surface area is 101 Å². The van der Waals surface area contributed by atoms with Crippen LogP contribution in [-0.2, 0) is 9.53 Å². The van der Waals surface area contributed by atoms with E-state index in [2.05, 4.69) is 4.74 Å². The Morgan fingerprint density at radius 1 is 1.53 bits per heavy atom. The van der Waals surface area contributed by atoms with Crippen molar-refractivity contribution in [2.24, 2.45) is 0 Å². The number of halogens is 1. The van der Waals surface area contributed by atoms with Crippen molar-refractivity contribution in [1.29, 1.82) is 0 Å². The molecule has 0 radical (unpaired) electrons. The molecule has 0 aliphatic rings. The zero-order valence-electron chi connectivity index (χ0n) is 8.90. The van der Waals surface area contributed by atoms with E-state index in [1.165, 1.54) is 13.2 Å². The number of aromatic carboxylic acids is 1. The number of anilines is 1. The fourth-order valence-electron chi connectivity index (χ4n) is 1.11. The molecule has 0 spiro atoms. The Bertz CT molecular complexity index is 464. The molecule has 0 fully saturated rings. The van der Waals surface area contributed by atoms with Crippen molar-refractivity contribution in [3.8, 4) is 0 Å². The zero-order valence-corrected chi connectivity index (χ0v) is 9.71. The van der Waals surface area contributed by atoms with Crippen LogP contribution in [0.2, 0.25) is 0 Å². The smallest absolute Gasteiger partial charge is 0.339 e. The molecule has 7 heteroatoms. The second-order valence-electron chi connectivity index (χ2n) is 3.00. The van der Waals surface area contributed by atoms with Gasteiger partial charge in [-0.2, -0.15) is 0 Å². The topological polar surface area (TPSA) is 89.6 Å². The van der Waals surface area contributed by atoms with E-state index in [9.17, 15) is 14.0 Å². The van der Waals surface area contributed by atoms with E-state index < -0.39 is 23.4 Å². The number of ether oxygens (including phenoxy) is 1. The summed E-state index contributed by atoms with van der Waals surface area (Å²) in [5, 5.41) is 8.92. The summed E-state index contributed by atoms with van der Waals surface area (Å²) in [4.78, 5) is 22.1. The molecular weight excluding hydrogens is 249 g/mol. The zero-order chi connectivity index (χ0) is 13.0. The molecular formula is C10H10FNO4S. The maximum Gasteiger partial charge on any atom is 0.339 e. The summed E-state index contributed by atoms with van der Waals surface area (Å²) in [5.41, 5.74) is 4.57. The van der Waals surface area contributed by atoms with Gasteiger partial charge in [-0.1, -0.05) is 0 Å². The van der Waals surface area contributed by atoms with E-state index in [-0.39, 0.29) is 16.2 Å². The number of nitrogens with two attached hydrogens (primary N) is 1. The lowest BCUT2D eigenvalue weighted by Gasteiger charge is -2.08. The molecule has 0 unspecified atom stereocenters. The molecule has 1 rings (SSSR count). The Morgan fingerprint density at radius 3 is 2.71 bits per heavy atom. The minimum Gasteiger partial charge on any atom is -0.478 e. The van der Waals surface area contributed by atoms with Gasteiger partial charge in [0.05, 0.1) is 24.1 Å². The van der Waals surface area contributed by atoms with Crippen molar-refractivity contribution in [2.45, 2.75) is 4.90 Å². The van der Waals surface area contributed by atoms with Crippen molar-refractivity contribution in [1.82, 2.24) is 0 Å². The number of rotatable bonds is 4. The first-order chi connectivity index (χ1) is 7.97. The SMILES string of the molecule is COC(=O)CSc1ccc(F)c(N)c1C(=O)O. The number of hydrogen-bond acceptors (Lipinski definition) is 5. The molecule has 1 aromatic rings. The van der Waals surface area contributed by atoms with Gasteiger partial charge in [0, 0.05) is 4.90 Å². The fraction of sp³-hybridized carbons (Fsp3) is 0.200. The third-order valence-corrected chi connectivity index (χ3v) is 2.97. The van der Waals surface area contributed by atoms with Crippen LogP contribution in [0, 0.1) is 5.82 Å². The number of benzene rings is 1. The molecule has 0 bridgehead atoms. The molecule has 92 valence electrons. The van der Waals surface area contributed by atoms with E-state index in [0.717, 1.165) is 17.8 Å². The summed E-state index contributed by atoms with van der Waals surface area (Å²) in [6, 6.07) is 2.32. The van der Waals surface area contributed by atoms with Crippen LogP contribution < -0.4 is 5.73 Å². The van der Waals surface area contributed by atoms with Crippen LogP contribution in [0.25, 0.3) is 0 Å². The highest BCUT2D eigenvalue weighted by atomic mass is 32.2. The number of carboxylic acids is 1. The average Bonchev–Trinajstić information content (AvgIpc) is 2.29. The van der Waals surface area contributed by atoms with E-state index in [4.69, 9.17) is 10.8 Å². The Hall–Kier alpha value is -1.76. The summed E-state index contributed by atoms with van der Waals surface area (Å²) in [6.45, 7) is 0. The maximum absolute atomic E-state index is 13.1. The molecule has 5 nitrogen and oxygen atoms in total. The predicted octanol–water partition coefficient (Wildman–Crippen LogP) is 1.37. The standard InChI is InChI=1S/C10H10FNO4S/c1-16-7(13)4-17-6-3-2-5(11)9(12)8(6)10(14)15/h2-3H,4,12H2,1H3,(H,14,15). The van der Waals surface area contributed by atoms with Gasteiger partial charge in [0.1, 0.15) is 5.82 Å². The predicted molar refractivity (Wildman–Crippen MR) is 60.5 cm³/mol. The van der Waals surface area contributed by atoms with Gasteiger partial charge in [-0.05, 0) is 12.1 Å². The minimum atomic E-state index is -1.34. The fourth-order valence-corrected chi connectivity index (χ4v) is 2.01. The van der Waals surface area contributed by atoms with E-state index >= 15 is 0 Å². The summed E-state index contributed by atoms with van der Waals surface area (Å²) in [6.07, 6.45) is 0. The first-order valence-electron chi connectivity index (χ1n) is 4.48. The van der Waals surface area contributed by atoms with Gasteiger partial charge < -0.3 is 15.6 Å². The lowest BCUT2D eigenvalue weighted by Crippen LogP contribution is -2.08. The lowest BCUT2D eigenvalue weighted by molar-refractivity contribution is -0.137. The van der Waals surface area contributed by atoms with E-state index in [1.54, 1.807) is 0 Å². The lowest BCUT2D eigenvalue weighted by atomic mass is 10.2. The normalized spacial score (nSPS) is 10.0. The second kappa shape index (κ2) is 5.53. The molecule has 1 aromatic carbocycles. The molecule has 0 heterocycles. The molecule has 3 N–H and O–H groups in total. The van der Waals surface area contributed by atoms with Crippen LogP contribution in [-0.4, -0.2) is 29.9 Å². The number of carbonyl (C=O) groups is 2. The van der Waals surface area contributed by atoms with Crippen LogP contribution in [0.4, 0.5) is 10.1 Å². The van der Waals surface area contributed by atoms with Gasteiger partial charge in [-0.25, -0.2) is 9.18 Å². The van der Waals surface area contributed by atoms with Crippen LogP contribution in [0.5, 0.6) is 0 Å². The second-order valence-corrected chi connectivity index (χ2v) is 4.02. The molecule has 0 aromatic heterocycles. The van der Waals surface area contributed by atoms with Crippen LogP contribution >= 0.6 is 11.8 Å². The highest BCUT2D eigenvalue weighted by Gasteiger charge is 2.18. The third-order valence-electron chi connectivity index (χ3n) is 1.94. The van der Waals surface area contributed by atoms with Crippen LogP contribution in [0.3, 0.4) is 0 Å². The largest absolute Gasteiger partial charge is 0.478 e. The number of methoxy groups -OCH3 is 1. The van der Waals surface area contributed by atoms with Crippen molar-refractivity contribution in [2.75, 3.05) is 18.6 Å². The molecule has 17 heavy (non-hydrogen) atoms. The molecule has 0 saturated heterocycles. The first-order valence-corrected chi connectivity index (χ1v) is 5.46. The van der Waals surface area contributed by atoms with Crippen LogP contribution in [0.15, 0.2) is 17.0 Å². The number of nitrogen functional groups attached to an aromatic ring is 1. The summed E-state index contributed by atoms with van der Waals surface area (Å²) in [7, 11) is 1.22. The van der Waals surface area contributed by atoms with E-state index in [1.807, 2.05) is 0 Å². The van der Waals surface area contributed by atoms with Crippen molar-refractivity contribution < 1.29 is 23.8 Å². The monoisotopic (exact) mass is 259 g/mol. The van der Waals surface area contributed by atoms with Crippen molar-refractivity contribution in [3.05, 3.63) is 23.5 Å². The molecule has 0 aliphatic heterocycles. The summed E-state index contributed by atoms with van der Waals surface area (Å²) in [5.74, 6) is -2.71. The average molecular weight is 259 g/mol. The van der Waals surface area contributed by atoms with Gasteiger partial charge in [-0.3, -0.25) is 4.79 Å². The molecule has 0 saturated carbocycles. The Kier molecular flexibility index (Phi) is 4.33. The molecule has 0 atom stereocenters. The van der Waals surface area contributed by atoms with Gasteiger partial charge >= 0.3 is 11.9 Å². The Balaban J connectivity index is 3.03. The Morgan fingerprint density at radius 2 is 2.18 bits per heavy atom. The van der Waals surface area contributed by atoms with Crippen molar-refractivity contribution >= 4 is 29.4 Å². The number of thioether (sulfide) groups is 1. The van der Waals surface area contributed by atoms with E-state index in [0.29, 0.717) is 0 Å². The molecule has 0 amide bonds. The highest BCUT2D eigenvalue weighted by Crippen LogP contribution is 2.29. The maximum atomic E-state index is 13.1. The number of carbonyl (C=O) groups excluding carboxylic acids is 1. The number of esters is 1. The first kappa shape index (κ1) is 13.3. The number of hydrogen-bond donors (Lipinski definition) is 2. The van der Waals surface area contributed by atoms with Gasteiger partial charge in [0.2, 0.25) is 0 Å².